The Balaban J connectivity index is 1.74. The number of rotatable bonds is 8. The van der Waals surface area contributed by atoms with E-state index < -0.39 is 29.0 Å². The van der Waals surface area contributed by atoms with Crippen LogP contribution in [0.2, 0.25) is 0 Å². The number of halogens is 3. The fourth-order valence-electron chi connectivity index (χ4n) is 2.72. The highest BCUT2D eigenvalue weighted by atomic mass is 32.2. The van der Waals surface area contributed by atoms with Gasteiger partial charge in [0.25, 0.3) is 0 Å². The number of hydrogen-bond acceptors (Lipinski definition) is 5. The van der Waals surface area contributed by atoms with E-state index in [2.05, 4.69) is 15.5 Å². The maximum atomic E-state index is 13.7. The molecule has 10 heteroatoms. The van der Waals surface area contributed by atoms with Crippen molar-refractivity contribution in [1.82, 2.24) is 14.8 Å². The van der Waals surface area contributed by atoms with Gasteiger partial charge in [-0.2, -0.15) is 0 Å². The lowest BCUT2D eigenvalue weighted by Gasteiger charge is -2.10. The average Bonchev–Trinajstić information content (AvgIpc) is 3.14. The molecule has 0 aliphatic rings. The molecule has 3 rings (SSSR count). The molecule has 0 spiro atoms. The van der Waals surface area contributed by atoms with Gasteiger partial charge in [0, 0.05) is 12.7 Å². The molecule has 1 heterocycles. The van der Waals surface area contributed by atoms with Crippen molar-refractivity contribution in [3.63, 3.8) is 0 Å². The Hall–Kier alpha value is -2.85. The van der Waals surface area contributed by atoms with E-state index in [1.54, 1.807) is 7.11 Å². The smallest absolute Gasteiger partial charge is 0.234 e. The van der Waals surface area contributed by atoms with Gasteiger partial charge in [-0.05, 0) is 25.1 Å². The van der Waals surface area contributed by atoms with E-state index in [0.29, 0.717) is 24.1 Å². The molecule has 0 atom stereocenters. The van der Waals surface area contributed by atoms with Gasteiger partial charge in [-0.25, -0.2) is 13.2 Å². The van der Waals surface area contributed by atoms with Crippen molar-refractivity contribution < 1.29 is 22.7 Å². The van der Waals surface area contributed by atoms with Crippen molar-refractivity contribution in [2.24, 2.45) is 0 Å². The number of amides is 1. The molecule has 0 fully saturated rings. The van der Waals surface area contributed by atoms with E-state index in [4.69, 9.17) is 4.74 Å². The normalized spacial score (nSPS) is 11.0. The number of thioether (sulfide) groups is 1. The number of nitrogens with zero attached hydrogens (tertiary/aromatic N) is 3. The van der Waals surface area contributed by atoms with Crippen molar-refractivity contribution in [1.29, 1.82) is 0 Å². The molecule has 2 aromatic carbocycles. The van der Waals surface area contributed by atoms with E-state index in [9.17, 15) is 18.0 Å². The first-order chi connectivity index (χ1) is 14.4. The van der Waals surface area contributed by atoms with Crippen LogP contribution < -0.4 is 5.32 Å². The molecule has 1 N–H and O–H groups in total. The summed E-state index contributed by atoms with van der Waals surface area (Å²) >= 11 is 1.09. The van der Waals surface area contributed by atoms with Crippen LogP contribution in [0.1, 0.15) is 5.56 Å². The molecule has 1 aromatic heterocycles. The van der Waals surface area contributed by atoms with Crippen molar-refractivity contribution in [3.8, 4) is 11.4 Å². The van der Waals surface area contributed by atoms with Crippen LogP contribution >= 0.6 is 11.8 Å². The second kappa shape index (κ2) is 9.77. The van der Waals surface area contributed by atoms with Crippen LogP contribution in [0.3, 0.4) is 0 Å². The molecule has 0 aliphatic heterocycles. The van der Waals surface area contributed by atoms with Crippen LogP contribution in [-0.2, 0) is 16.1 Å². The fraction of sp³-hybridized carbons (Fsp3) is 0.250. The number of aromatic nitrogens is 3. The Bertz CT molecular complexity index is 1060. The van der Waals surface area contributed by atoms with Crippen molar-refractivity contribution >= 4 is 23.4 Å². The van der Waals surface area contributed by atoms with Gasteiger partial charge in [0.1, 0.15) is 0 Å². The van der Waals surface area contributed by atoms with Crippen LogP contribution in [0, 0.1) is 24.4 Å². The van der Waals surface area contributed by atoms with E-state index in [-0.39, 0.29) is 5.75 Å². The average molecular weight is 436 g/mol. The lowest BCUT2D eigenvalue weighted by Crippen LogP contribution is -2.16. The lowest BCUT2D eigenvalue weighted by atomic mass is 10.1. The monoisotopic (exact) mass is 436 g/mol. The predicted molar refractivity (Wildman–Crippen MR) is 108 cm³/mol. The van der Waals surface area contributed by atoms with Crippen molar-refractivity contribution in [2.75, 3.05) is 24.8 Å². The summed E-state index contributed by atoms with van der Waals surface area (Å²) < 4.78 is 47.1. The number of benzene rings is 2. The third-order valence-corrected chi connectivity index (χ3v) is 5.12. The predicted octanol–water partition coefficient (Wildman–Crippen LogP) is 4.05. The number of anilines is 1. The maximum absolute atomic E-state index is 13.7. The number of carbonyl (C=O) groups excluding carboxylic acids is 1. The molecule has 0 saturated heterocycles. The highest BCUT2D eigenvalue weighted by Gasteiger charge is 2.18. The third kappa shape index (κ3) is 5.00. The topological polar surface area (TPSA) is 69.0 Å². The molecule has 158 valence electrons. The molecule has 30 heavy (non-hydrogen) atoms. The Labute approximate surface area is 175 Å². The first-order valence-electron chi connectivity index (χ1n) is 8.96. The molecule has 1 amide bonds. The molecular formula is C20H19F3N4O2S. The molecule has 6 nitrogen and oxygen atoms in total. The summed E-state index contributed by atoms with van der Waals surface area (Å²) in [5.74, 6) is -4.50. The first kappa shape index (κ1) is 21.8. The van der Waals surface area contributed by atoms with Gasteiger partial charge in [0.15, 0.2) is 28.4 Å². The van der Waals surface area contributed by atoms with E-state index in [1.807, 2.05) is 35.8 Å². The first-order valence-corrected chi connectivity index (χ1v) is 9.94. The van der Waals surface area contributed by atoms with Gasteiger partial charge in [0.05, 0.1) is 24.6 Å². The van der Waals surface area contributed by atoms with E-state index >= 15 is 0 Å². The minimum Gasteiger partial charge on any atom is -0.383 e. The van der Waals surface area contributed by atoms with E-state index in [0.717, 1.165) is 35.0 Å². The summed E-state index contributed by atoms with van der Waals surface area (Å²) in [5.41, 5.74) is 1.51. The van der Waals surface area contributed by atoms with Gasteiger partial charge >= 0.3 is 0 Å². The SMILES string of the molecule is COCCn1c(SCC(=O)Nc2ccc(F)c(F)c2F)nnc1-c1cccc(C)c1. The summed E-state index contributed by atoms with van der Waals surface area (Å²) in [6.07, 6.45) is 0. The zero-order chi connectivity index (χ0) is 21.7. The molecule has 0 saturated carbocycles. The van der Waals surface area contributed by atoms with Crippen LogP contribution in [0.5, 0.6) is 0 Å². The second-order valence-electron chi connectivity index (χ2n) is 6.38. The highest BCUT2D eigenvalue weighted by Crippen LogP contribution is 2.25. The minimum absolute atomic E-state index is 0.128. The molecule has 3 aromatic rings. The van der Waals surface area contributed by atoms with Crippen molar-refractivity contribution in [3.05, 3.63) is 59.4 Å². The number of ether oxygens (including phenoxy) is 1. The molecule has 0 bridgehead atoms. The van der Waals surface area contributed by atoms with Crippen LogP contribution in [-0.4, -0.2) is 40.1 Å². The number of aryl methyl sites for hydroxylation is 1. The fourth-order valence-corrected chi connectivity index (χ4v) is 3.48. The van der Waals surface area contributed by atoms with Crippen LogP contribution in [0.15, 0.2) is 41.6 Å². The summed E-state index contributed by atoms with van der Waals surface area (Å²) in [4.78, 5) is 12.2. The molecule has 0 radical (unpaired) electrons. The highest BCUT2D eigenvalue weighted by molar-refractivity contribution is 7.99. The van der Waals surface area contributed by atoms with Gasteiger partial charge < -0.3 is 10.1 Å². The largest absolute Gasteiger partial charge is 0.383 e. The number of methoxy groups -OCH3 is 1. The quantitative estimate of drug-likeness (QED) is 0.426. The zero-order valence-corrected chi connectivity index (χ0v) is 17.1. The number of carbonyl (C=O) groups is 1. The maximum Gasteiger partial charge on any atom is 0.234 e. The minimum atomic E-state index is -1.64. The van der Waals surface area contributed by atoms with E-state index in [1.165, 1.54) is 0 Å². The Morgan fingerprint density at radius 3 is 2.70 bits per heavy atom. The lowest BCUT2D eigenvalue weighted by molar-refractivity contribution is -0.113. The van der Waals surface area contributed by atoms with Gasteiger partial charge in [-0.3, -0.25) is 9.36 Å². The number of hydrogen-bond donors (Lipinski definition) is 1. The zero-order valence-electron chi connectivity index (χ0n) is 16.3. The summed E-state index contributed by atoms with van der Waals surface area (Å²) in [6.45, 7) is 2.85. The molecule has 0 aliphatic carbocycles. The standard InChI is InChI=1S/C20H19F3N4O2S/c1-12-4-3-5-13(10-12)19-25-26-20(27(19)8-9-29-2)30-11-16(28)24-15-7-6-14(21)17(22)18(15)23/h3-7,10H,8-9,11H2,1-2H3,(H,24,28). The van der Waals surface area contributed by atoms with Crippen molar-refractivity contribution in [2.45, 2.75) is 18.6 Å². The van der Waals surface area contributed by atoms with Gasteiger partial charge in [0.2, 0.25) is 5.91 Å². The number of nitrogens with one attached hydrogen (secondary N) is 1. The Kier molecular flexibility index (Phi) is 7.11. The Morgan fingerprint density at radius 1 is 1.17 bits per heavy atom. The summed E-state index contributed by atoms with van der Waals surface area (Å²) in [5, 5.41) is 11.1. The summed E-state index contributed by atoms with van der Waals surface area (Å²) in [7, 11) is 1.58. The Morgan fingerprint density at radius 2 is 1.97 bits per heavy atom. The second-order valence-corrected chi connectivity index (χ2v) is 7.32. The van der Waals surface area contributed by atoms with Crippen LogP contribution in [0.4, 0.5) is 18.9 Å². The third-order valence-electron chi connectivity index (χ3n) is 4.15. The molecule has 0 unspecified atom stereocenters. The van der Waals surface area contributed by atoms with Crippen LogP contribution in [0.25, 0.3) is 11.4 Å². The van der Waals surface area contributed by atoms with Gasteiger partial charge in [-0.15, -0.1) is 10.2 Å². The van der Waals surface area contributed by atoms with Gasteiger partial charge in [-0.1, -0.05) is 35.5 Å². The molecular weight excluding hydrogens is 417 g/mol. The summed E-state index contributed by atoms with van der Waals surface area (Å²) in [6, 6.07) is 9.48.